The molecule has 0 aliphatic heterocycles. The number of hydrogen-bond donors (Lipinski definition) is 0. The normalized spacial score (nSPS) is 12.9. The van der Waals surface area contributed by atoms with E-state index in [1.54, 1.807) is 0 Å². The molecule has 0 N–H and O–H groups in total. The first kappa shape index (κ1) is 12.7. The zero-order chi connectivity index (χ0) is 6.57. The first-order chi connectivity index (χ1) is 3.72. The van der Waals surface area contributed by atoms with Crippen LogP contribution in [0.25, 0.3) is 0 Å². The summed E-state index contributed by atoms with van der Waals surface area (Å²) in [5.74, 6) is 0. The molecule has 0 amide bonds. The summed E-state index contributed by atoms with van der Waals surface area (Å²) in [5.41, 5.74) is 2.74. The minimum absolute atomic E-state index is 0. The van der Waals surface area contributed by atoms with Crippen LogP contribution in [0.4, 0.5) is 0 Å². The van der Waals surface area contributed by atoms with E-state index in [0.717, 1.165) is 0 Å². The van der Waals surface area contributed by atoms with Gasteiger partial charge in [0.15, 0.2) is 0 Å². The van der Waals surface area contributed by atoms with E-state index in [9.17, 15) is 0 Å². The fraction of sp³-hybridized carbons (Fsp3) is 0.500. The van der Waals surface area contributed by atoms with Crippen molar-refractivity contribution in [3.05, 3.63) is 23.3 Å². The predicted octanol–water partition coefficient (Wildman–Crippen LogP) is 2.76. The van der Waals surface area contributed by atoms with E-state index < -0.39 is 0 Å². The van der Waals surface area contributed by atoms with Crippen LogP contribution in [-0.4, -0.2) is 48.9 Å². The molecule has 0 atom stereocenters. The smallest absolute Gasteiger partial charge is 1.00 e. The van der Waals surface area contributed by atoms with E-state index in [1.807, 2.05) is 0 Å². The Hall–Kier alpha value is 1.05. The van der Waals surface area contributed by atoms with Gasteiger partial charge in [-0.05, 0) is 27.7 Å². The fourth-order valence-corrected chi connectivity index (χ4v) is 0.455. The van der Waals surface area contributed by atoms with E-state index in [1.165, 1.54) is 11.1 Å². The minimum Gasteiger partial charge on any atom is -1.00 e. The number of hydrogen-bond acceptors (Lipinski definition) is 0. The van der Waals surface area contributed by atoms with Crippen molar-refractivity contribution >= 4 is 48.9 Å². The Balaban J connectivity index is -0.0000000817. The molecular weight excluding hydrogens is 233 g/mol. The quantitative estimate of drug-likeness (QED) is 0.495. The van der Waals surface area contributed by atoms with E-state index in [-0.39, 0.29) is 51.7 Å². The van der Waals surface area contributed by atoms with Gasteiger partial charge in [-0.25, -0.2) is 0 Å². The summed E-state index contributed by atoms with van der Waals surface area (Å²) in [6.07, 6.45) is 4.24. The molecule has 0 radical (unpaired) electrons. The summed E-state index contributed by atoms with van der Waals surface area (Å²) in [7, 11) is 0. The van der Waals surface area contributed by atoms with Gasteiger partial charge >= 0.3 is 48.9 Å². The molecule has 0 heterocycles. The van der Waals surface area contributed by atoms with Crippen LogP contribution in [0.15, 0.2) is 23.3 Å². The van der Waals surface area contributed by atoms with E-state index in [0.29, 0.717) is 0 Å². The summed E-state index contributed by atoms with van der Waals surface area (Å²) in [6.45, 7) is 8.36. The van der Waals surface area contributed by atoms with Crippen molar-refractivity contribution in [2.45, 2.75) is 27.7 Å². The molecule has 1 heteroatoms. The molecule has 0 rings (SSSR count). The molecule has 0 spiro atoms. The maximum Gasteiger partial charge on any atom is 2.00 e. The van der Waals surface area contributed by atoms with E-state index in [2.05, 4.69) is 39.8 Å². The fourth-order valence-electron chi connectivity index (χ4n) is 0.455. The summed E-state index contributed by atoms with van der Waals surface area (Å²) in [5, 5.41) is 0. The van der Waals surface area contributed by atoms with Gasteiger partial charge in [0, 0.05) is 0 Å². The number of allylic oxidation sites excluding steroid dienone is 4. The van der Waals surface area contributed by atoms with Gasteiger partial charge in [-0.1, -0.05) is 23.3 Å². The van der Waals surface area contributed by atoms with Crippen LogP contribution in [0.2, 0.25) is 0 Å². The maximum absolute atomic E-state index is 2.12. The summed E-state index contributed by atoms with van der Waals surface area (Å²) in [6, 6.07) is 0. The second-order valence-corrected chi connectivity index (χ2v) is 1.94. The third kappa shape index (κ3) is 5.49. The zero-order valence-corrected chi connectivity index (χ0v) is 11.3. The third-order valence-electron chi connectivity index (χ3n) is 1.49. The van der Waals surface area contributed by atoms with Crippen LogP contribution in [0.5, 0.6) is 0 Å². The van der Waals surface area contributed by atoms with Crippen molar-refractivity contribution in [3.63, 3.8) is 0 Å². The standard InChI is InChI=1S/C8H14.Ba.2H/c1-5-7(3)8(4)6-2;;;/h5-6H,1-4H3;;;/q;+2;2*-1/b7-5+,8-6+;;;. The molecule has 0 nitrogen and oxygen atoms in total. The van der Waals surface area contributed by atoms with Crippen LogP contribution in [-0.2, 0) is 0 Å². The van der Waals surface area contributed by atoms with Gasteiger partial charge in [0.1, 0.15) is 0 Å². The van der Waals surface area contributed by atoms with Crippen LogP contribution >= 0.6 is 0 Å². The largest absolute Gasteiger partial charge is 2.00 e. The molecule has 0 bridgehead atoms. The van der Waals surface area contributed by atoms with Gasteiger partial charge < -0.3 is 2.85 Å². The first-order valence-electron chi connectivity index (χ1n) is 2.98. The molecule has 0 aromatic rings. The first-order valence-corrected chi connectivity index (χ1v) is 2.98. The van der Waals surface area contributed by atoms with E-state index in [4.69, 9.17) is 0 Å². The molecular formula is C8H16Ba. The molecule has 0 aliphatic carbocycles. The van der Waals surface area contributed by atoms with Crippen LogP contribution in [0, 0.1) is 0 Å². The van der Waals surface area contributed by atoms with Crippen molar-refractivity contribution in [2.75, 3.05) is 0 Å². The summed E-state index contributed by atoms with van der Waals surface area (Å²) >= 11 is 0. The number of rotatable bonds is 1. The van der Waals surface area contributed by atoms with Crippen LogP contribution in [0.3, 0.4) is 0 Å². The Kier molecular flexibility index (Phi) is 10.1. The molecule has 50 valence electrons. The molecule has 0 saturated carbocycles. The summed E-state index contributed by atoms with van der Waals surface area (Å²) in [4.78, 5) is 0. The Morgan fingerprint density at radius 3 is 1.33 bits per heavy atom. The van der Waals surface area contributed by atoms with Crippen molar-refractivity contribution in [3.8, 4) is 0 Å². The van der Waals surface area contributed by atoms with Gasteiger partial charge in [0.25, 0.3) is 0 Å². The van der Waals surface area contributed by atoms with Crippen molar-refractivity contribution in [1.82, 2.24) is 0 Å². The molecule has 9 heavy (non-hydrogen) atoms. The third-order valence-corrected chi connectivity index (χ3v) is 1.49. The second kappa shape index (κ2) is 7.16. The Morgan fingerprint density at radius 2 is 1.22 bits per heavy atom. The van der Waals surface area contributed by atoms with Gasteiger partial charge in [0.2, 0.25) is 0 Å². The summed E-state index contributed by atoms with van der Waals surface area (Å²) < 4.78 is 0. The van der Waals surface area contributed by atoms with Gasteiger partial charge in [-0.3, -0.25) is 0 Å². The van der Waals surface area contributed by atoms with Gasteiger partial charge in [-0.15, -0.1) is 0 Å². The average molecular weight is 250 g/mol. The predicted molar refractivity (Wildman–Crippen MR) is 46.8 cm³/mol. The minimum atomic E-state index is 0. The van der Waals surface area contributed by atoms with Crippen molar-refractivity contribution in [1.29, 1.82) is 0 Å². The molecule has 0 fully saturated rings. The maximum atomic E-state index is 2.12. The average Bonchev–Trinajstić information content (AvgIpc) is 1.84. The van der Waals surface area contributed by atoms with Gasteiger partial charge in [-0.2, -0.15) is 0 Å². The molecule has 0 unspecified atom stereocenters. The van der Waals surface area contributed by atoms with Gasteiger partial charge in [0.05, 0.1) is 0 Å². The van der Waals surface area contributed by atoms with Crippen LogP contribution in [0.1, 0.15) is 30.5 Å². The molecule has 0 aromatic carbocycles. The Labute approximate surface area is 101 Å². The zero-order valence-electron chi connectivity index (χ0n) is 8.86. The monoisotopic (exact) mass is 250 g/mol. The second-order valence-electron chi connectivity index (χ2n) is 1.94. The topological polar surface area (TPSA) is 0 Å². The van der Waals surface area contributed by atoms with Crippen molar-refractivity contribution < 1.29 is 2.85 Å². The van der Waals surface area contributed by atoms with E-state index >= 15 is 0 Å². The Bertz CT molecular complexity index is 112. The molecule has 0 saturated heterocycles. The Morgan fingerprint density at radius 1 is 1.00 bits per heavy atom. The van der Waals surface area contributed by atoms with Crippen LogP contribution < -0.4 is 0 Å². The SMILES string of the molecule is C/C=C(C)/C(C)=C/C.[Ba+2].[H-].[H-]. The molecule has 0 aromatic heterocycles. The molecule has 0 aliphatic rings. The van der Waals surface area contributed by atoms with Crippen molar-refractivity contribution in [2.24, 2.45) is 0 Å².